The molecule has 0 saturated carbocycles. The van der Waals surface area contributed by atoms with Crippen LogP contribution in [0.25, 0.3) is 11.2 Å². The fourth-order valence-electron chi connectivity index (χ4n) is 1.76. The molecule has 0 N–H and O–H groups in total. The van der Waals surface area contributed by atoms with E-state index in [9.17, 15) is 4.79 Å². The van der Waals surface area contributed by atoms with Crippen LogP contribution in [-0.4, -0.2) is 27.1 Å². The molecule has 5 heteroatoms. The minimum absolute atomic E-state index is 0.106. The van der Waals surface area contributed by atoms with Crippen LogP contribution in [-0.2, 0) is 4.74 Å². The van der Waals surface area contributed by atoms with Gasteiger partial charge >= 0.3 is 5.97 Å². The number of aromatic nitrogens is 3. The first kappa shape index (κ1) is 11.6. The minimum Gasteiger partial charge on any atom is -0.460 e. The van der Waals surface area contributed by atoms with Crippen LogP contribution in [0.1, 0.15) is 37.4 Å². The largest absolute Gasteiger partial charge is 0.460 e. The van der Waals surface area contributed by atoms with Crippen molar-refractivity contribution < 1.29 is 9.53 Å². The van der Waals surface area contributed by atoms with Crippen molar-refractivity contribution in [2.75, 3.05) is 6.61 Å². The SMILES string of the molecule is CCOC(=O)c1nc2cccnc2n1C(C)C. The van der Waals surface area contributed by atoms with Crippen LogP contribution in [0, 0.1) is 0 Å². The van der Waals surface area contributed by atoms with E-state index in [2.05, 4.69) is 9.97 Å². The summed E-state index contributed by atoms with van der Waals surface area (Å²) in [6, 6.07) is 3.74. The maximum absolute atomic E-state index is 11.8. The molecule has 17 heavy (non-hydrogen) atoms. The number of hydrogen-bond donors (Lipinski definition) is 0. The third-order valence-electron chi connectivity index (χ3n) is 2.42. The molecule has 0 aliphatic heterocycles. The average Bonchev–Trinajstić information content (AvgIpc) is 2.68. The van der Waals surface area contributed by atoms with Crippen molar-refractivity contribution in [2.24, 2.45) is 0 Å². The molecule has 2 aromatic rings. The summed E-state index contributed by atoms with van der Waals surface area (Å²) >= 11 is 0. The van der Waals surface area contributed by atoms with E-state index in [1.807, 2.05) is 19.9 Å². The van der Waals surface area contributed by atoms with Crippen LogP contribution in [0.3, 0.4) is 0 Å². The molecule has 0 fully saturated rings. The second kappa shape index (κ2) is 4.53. The lowest BCUT2D eigenvalue weighted by Crippen LogP contribution is -2.15. The molecule has 0 aliphatic rings. The third kappa shape index (κ3) is 2.00. The first-order valence-electron chi connectivity index (χ1n) is 5.65. The molecule has 0 unspecified atom stereocenters. The molecule has 0 atom stereocenters. The second-order valence-corrected chi connectivity index (χ2v) is 3.97. The van der Waals surface area contributed by atoms with Gasteiger partial charge in [0.05, 0.1) is 6.61 Å². The number of esters is 1. The summed E-state index contributed by atoms with van der Waals surface area (Å²) < 4.78 is 6.80. The number of carbonyl (C=O) groups excluding carboxylic acids is 1. The number of ether oxygens (including phenoxy) is 1. The average molecular weight is 233 g/mol. The molecular formula is C12H15N3O2. The van der Waals surface area contributed by atoms with Crippen LogP contribution < -0.4 is 0 Å². The van der Waals surface area contributed by atoms with Gasteiger partial charge in [0.25, 0.3) is 0 Å². The molecule has 0 aromatic carbocycles. The van der Waals surface area contributed by atoms with E-state index in [1.54, 1.807) is 23.8 Å². The van der Waals surface area contributed by atoms with Crippen LogP contribution in [0.4, 0.5) is 0 Å². The zero-order chi connectivity index (χ0) is 12.4. The Labute approximate surface area is 99.4 Å². The van der Waals surface area contributed by atoms with Gasteiger partial charge in [-0.1, -0.05) is 0 Å². The minimum atomic E-state index is -0.404. The van der Waals surface area contributed by atoms with Crippen molar-refractivity contribution in [1.29, 1.82) is 0 Å². The van der Waals surface area contributed by atoms with Gasteiger partial charge in [-0.15, -0.1) is 0 Å². The highest BCUT2D eigenvalue weighted by Gasteiger charge is 2.20. The van der Waals surface area contributed by atoms with Crippen molar-refractivity contribution >= 4 is 17.1 Å². The number of fused-ring (bicyclic) bond motifs is 1. The van der Waals surface area contributed by atoms with Crippen molar-refractivity contribution in [1.82, 2.24) is 14.5 Å². The summed E-state index contributed by atoms with van der Waals surface area (Å²) in [7, 11) is 0. The summed E-state index contributed by atoms with van der Waals surface area (Å²) in [6.45, 7) is 6.09. The second-order valence-electron chi connectivity index (χ2n) is 3.97. The molecule has 0 radical (unpaired) electrons. The van der Waals surface area contributed by atoms with E-state index < -0.39 is 5.97 Å². The zero-order valence-electron chi connectivity index (χ0n) is 10.2. The highest BCUT2D eigenvalue weighted by Crippen LogP contribution is 2.19. The van der Waals surface area contributed by atoms with Crippen molar-refractivity contribution in [3.63, 3.8) is 0 Å². The van der Waals surface area contributed by atoms with E-state index in [1.165, 1.54) is 0 Å². The Kier molecular flexibility index (Phi) is 3.08. The van der Waals surface area contributed by atoms with E-state index >= 15 is 0 Å². The molecule has 0 aliphatic carbocycles. The normalized spacial score (nSPS) is 11.1. The van der Waals surface area contributed by atoms with E-state index in [4.69, 9.17) is 4.74 Å². The topological polar surface area (TPSA) is 57.0 Å². The van der Waals surface area contributed by atoms with Gasteiger partial charge in [-0.25, -0.2) is 14.8 Å². The van der Waals surface area contributed by atoms with Gasteiger partial charge in [-0.2, -0.15) is 0 Å². The number of imidazole rings is 1. The highest BCUT2D eigenvalue weighted by atomic mass is 16.5. The van der Waals surface area contributed by atoms with E-state index in [0.29, 0.717) is 23.6 Å². The lowest BCUT2D eigenvalue weighted by atomic mass is 10.3. The predicted molar refractivity (Wildman–Crippen MR) is 63.9 cm³/mol. The number of carbonyl (C=O) groups is 1. The number of nitrogens with zero attached hydrogens (tertiary/aromatic N) is 3. The van der Waals surface area contributed by atoms with Gasteiger partial charge in [0, 0.05) is 12.2 Å². The molecule has 2 heterocycles. The smallest absolute Gasteiger partial charge is 0.374 e. The Hall–Kier alpha value is -1.91. The van der Waals surface area contributed by atoms with Crippen molar-refractivity contribution in [3.05, 3.63) is 24.2 Å². The molecule has 90 valence electrons. The van der Waals surface area contributed by atoms with Gasteiger partial charge in [-0.05, 0) is 32.9 Å². The van der Waals surface area contributed by atoms with Gasteiger partial charge in [0.1, 0.15) is 5.52 Å². The van der Waals surface area contributed by atoms with Crippen LogP contribution in [0.15, 0.2) is 18.3 Å². The zero-order valence-corrected chi connectivity index (χ0v) is 10.2. The lowest BCUT2D eigenvalue weighted by Gasteiger charge is -2.10. The Morgan fingerprint density at radius 2 is 2.29 bits per heavy atom. The molecule has 0 bridgehead atoms. The first-order valence-corrected chi connectivity index (χ1v) is 5.65. The Balaban J connectivity index is 2.61. The number of hydrogen-bond acceptors (Lipinski definition) is 4. The molecule has 2 aromatic heterocycles. The van der Waals surface area contributed by atoms with Crippen LogP contribution in [0.5, 0.6) is 0 Å². The molecule has 0 saturated heterocycles. The Bertz CT molecular complexity index is 546. The number of pyridine rings is 1. The summed E-state index contributed by atoms with van der Waals surface area (Å²) in [6.07, 6.45) is 1.69. The third-order valence-corrected chi connectivity index (χ3v) is 2.42. The van der Waals surface area contributed by atoms with Crippen LogP contribution >= 0.6 is 0 Å². The summed E-state index contributed by atoms with van der Waals surface area (Å²) in [5.74, 6) is -0.0882. The van der Waals surface area contributed by atoms with Gasteiger partial charge in [0.15, 0.2) is 5.65 Å². The highest BCUT2D eigenvalue weighted by molar-refractivity contribution is 5.90. The monoisotopic (exact) mass is 233 g/mol. The van der Waals surface area contributed by atoms with Crippen molar-refractivity contribution in [3.8, 4) is 0 Å². The molecule has 2 rings (SSSR count). The quantitative estimate of drug-likeness (QED) is 0.762. The van der Waals surface area contributed by atoms with E-state index in [-0.39, 0.29) is 6.04 Å². The van der Waals surface area contributed by atoms with Crippen molar-refractivity contribution in [2.45, 2.75) is 26.8 Å². The van der Waals surface area contributed by atoms with Gasteiger partial charge in [-0.3, -0.25) is 0 Å². The molecule has 5 nitrogen and oxygen atoms in total. The number of rotatable bonds is 3. The molecular weight excluding hydrogens is 218 g/mol. The fraction of sp³-hybridized carbons (Fsp3) is 0.417. The predicted octanol–water partition coefficient (Wildman–Crippen LogP) is 2.19. The van der Waals surface area contributed by atoms with Crippen LogP contribution in [0.2, 0.25) is 0 Å². The summed E-state index contributed by atoms with van der Waals surface area (Å²) in [4.78, 5) is 20.3. The lowest BCUT2D eigenvalue weighted by molar-refractivity contribution is 0.0505. The first-order chi connectivity index (χ1) is 8.15. The fourth-order valence-corrected chi connectivity index (χ4v) is 1.76. The maximum Gasteiger partial charge on any atom is 0.374 e. The standard InChI is InChI=1S/C12H15N3O2/c1-4-17-12(16)11-14-9-6-5-7-13-10(9)15(11)8(2)3/h5-8H,4H2,1-3H3. The van der Waals surface area contributed by atoms with E-state index in [0.717, 1.165) is 0 Å². The van der Waals surface area contributed by atoms with Gasteiger partial charge < -0.3 is 9.30 Å². The molecule has 0 spiro atoms. The Morgan fingerprint density at radius 1 is 1.53 bits per heavy atom. The maximum atomic E-state index is 11.8. The summed E-state index contributed by atoms with van der Waals surface area (Å²) in [5, 5.41) is 0. The Morgan fingerprint density at radius 3 is 2.94 bits per heavy atom. The summed E-state index contributed by atoms with van der Waals surface area (Å²) in [5.41, 5.74) is 1.43. The van der Waals surface area contributed by atoms with Gasteiger partial charge in [0.2, 0.25) is 5.82 Å². The molecule has 0 amide bonds.